The van der Waals surface area contributed by atoms with E-state index >= 15 is 0 Å². The average Bonchev–Trinajstić information content (AvgIpc) is 2.56. The van der Waals surface area contributed by atoms with Gasteiger partial charge in [-0.05, 0) is 25.0 Å². The van der Waals surface area contributed by atoms with Crippen molar-refractivity contribution in [2.24, 2.45) is 0 Å². The maximum atomic E-state index is 12.7. The summed E-state index contributed by atoms with van der Waals surface area (Å²) in [6.07, 6.45) is 2.39. The monoisotopic (exact) mass is 166 g/mol. The van der Waals surface area contributed by atoms with E-state index in [-0.39, 0.29) is 5.95 Å². The number of hydrogen-bond donors (Lipinski definition) is 0. The van der Waals surface area contributed by atoms with Gasteiger partial charge < -0.3 is 4.90 Å². The summed E-state index contributed by atoms with van der Waals surface area (Å²) >= 11 is 0. The van der Waals surface area contributed by atoms with Crippen molar-refractivity contribution in [1.82, 2.24) is 4.98 Å². The van der Waals surface area contributed by atoms with E-state index in [1.807, 2.05) is 6.07 Å². The van der Waals surface area contributed by atoms with E-state index in [4.69, 9.17) is 0 Å². The summed E-state index contributed by atoms with van der Waals surface area (Å²) in [6.45, 7) is 2.02. The van der Waals surface area contributed by atoms with E-state index in [0.29, 0.717) is 0 Å². The van der Waals surface area contributed by atoms with Crippen LogP contribution in [-0.2, 0) is 0 Å². The van der Waals surface area contributed by atoms with Gasteiger partial charge in [-0.2, -0.15) is 4.39 Å². The Balaban J connectivity index is 2.21. The van der Waals surface area contributed by atoms with E-state index in [1.165, 1.54) is 18.9 Å². The van der Waals surface area contributed by atoms with Gasteiger partial charge in [-0.1, -0.05) is 6.07 Å². The van der Waals surface area contributed by atoms with Crippen LogP contribution in [0.25, 0.3) is 0 Å². The Hall–Kier alpha value is -1.12. The number of rotatable bonds is 1. The zero-order valence-corrected chi connectivity index (χ0v) is 6.83. The van der Waals surface area contributed by atoms with Crippen LogP contribution in [0.3, 0.4) is 0 Å². The minimum absolute atomic E-state index is 0.389. The molecule has 12 heavy (non-hydrogen) atoms. The van der Waals surface area contributed by atoms with Gasteiger partial charge in [0.15, 0.2) is 0 Å². The van der Waals surface area contributed by atoms with E-state index in [2.05, 4.69) is 9.88 Å². The standard InChI is InChI=1S/C9H11FN2/c10-8-4-3-5-9(11-8)12-6-1-2-7-12/h3-5H,1-2,6-7H2. The molecule has 0 bridgehead atoms. The predicted molar refractivity (Wildman–Crippen MR) is 45.6 cm³/mol. The van der Waals surface area contributed by atoms with Crippen molar-refractivity contribution in [3.05, 3.63) is 24.1 Å². The molecule has 1 aliphatic rings. The van der Waals surface area contributed by atoms with Crippen LogP contribution in [0.2, 0.25) is 0 Å². The van der Waals surface area contributed by atoms with Crippen LogP contribution in [0.15, 0.2) is 18.2 Å². The molecule has 0 radical (unpaired) electrons. The highest BCUT2D eigenvalue weighted by atomic mass is 19.1. The van der Waals surface area contributed by atoms with Crippen LogP contribution >= 0.6 is 0 Å². The topological polar surface area (TPSA) is 16.1 Å². The second-order valence-electron chi connectivity index (χ2n) is 3.01. The van der Waals surface area contributed by atoms with E-state index in [9.17, 15) is 4.39 Å². The number of pyridine rings is 1. The Labute approximate surface area is 71.0 Å². The molecule has 2 nitrogen and oxygen atoms in total. The molecule has 2 heterocycles. The Morgan fingerprint density at radius 1 is 1.25 bits per heavy atom. The fourth-order valence-electron chi connectivity index (χ4n) is 1.52. The number of hydrogen-bond acceptors (Lipinski definition) is 2. The summed E-state index contributed by atoms with van der Waals surface area (Å²) in [5, 5.41) is 0. The summed E-state index contributed by atoms with van der Waals surface area (Å²) in [5.74, 6) is 0.381. The molecular formula is C9H11FN2. The largest absolute Gasteiger partial charge is 0.357 e. The first-order valence-electron chi connectivity index (χ1n) is 4.24. The minimum Gasteiger partial charge on any atom is -0.357 e. The van der Waals surface area contributed by atoms with Crippen molar-refractivity contribution in [3.63, 3.8) is 0 Å². The molecule has 0 atom stereocenters. The lowest BCUT2D eigenvalue weighted by Crippen LogP contribution is -2.18. The normalized spacial score (nSPS) is 16.9. The lowest BCUT2D eigenvalue weighted by atomic mass is 10.4. The first-order valence-corrected chi connectivity index (χ1v) is 4.24. The third-order valence-corrected chi connectivity index (χ3v) is 2.13. The van der Waals surface area contributed by atoms with E-state index in [0.717, 1.165) is 18.9 Å². The highest BCUT2D eigenvalue weighted by molar-refractivity contribution is 5.38. The molecule has 1 aliphatic heterocycles. The zero-order valence-electron chi connectivity index (χ0n) is 6.83. The first-order chi connectivity index (χ1) is 5.86. The summed E-state index contributed by atoms with van der Waals surface area (Å²) in [4.78, 5) is 5.93. The molecule has 3 heteroatoms. The van der Waals surface area contributed by atoms with Crippen LogP contribution in [-0.4, -0.2) is 18.1 Å². The zero-order chi connectivity index (χ0) is 8.39. The Morgan fingerprint density at radius 3 is 2.67 bits per heavy atom. The SMILES string of the molecule is Fc1cccc(N2CCCC2)n1. The highest BCUT2D eigenvalue weighted by Crippen LogP contribution is 2.16. The average molecular weight is 166 g/mol. The van der Waals surface area contributed by atoms with Gasteiger partial charge in [0.25, 0.3) is 0 Å². The van der Waals surface area contributed by atoms with Gasteiger partial charge >= 0.3 is 0 Å². The Kier molecular flexibility index (Phi) is 1.94. The molecule has 0 aromatic carbocycles. The third-order valence-electron chi connectivity index (χ3n) is 2.13. The van der Waals surface area contributed by atoms with E-state index < -0.39 is 0 Å². The molecule has 64 valence electrons. The Bertz CT molecular complexity index is 269. The third kappa shape index (κ3) is 1.40. The van der Waals surface area contributed by atoms with Crippen molar-refractivity contribution in [2.45, 2.75) is 12.8 Å². The van der Waals surface area contributed by atoms with Gasteiger partial charge in [0.2, 0.25) is 5.95 Å². The van der Waals surface area contributed by atoms with Gasteiger partial charge in [-0.15, -0.1) is 0 Å². The van der Waals surface area contributed by atoms with Crippen LogP contribution in [0.5, 0.6) is 0 Å². The smallest absolute Gasteiger partial charge is 0.214 e. The molecule has 0 N–H and O–H groups in total. The van der Waals surface area contributed by atoms with Gasteiger partial charge in [-0.3, -0.25) is 0 Å². The predicted octanol–water partition coefficient (Wildman–Crippen LogP) is 1.82. The molecule has 0 aliphatic carbocycles. The van der Waals surface area contributed by atoms with Crippen molar-refractivity contribution < 1.29 is 4.39 Å². The molecule has 0 unspecified atom stereocenters. The minimum atomic E-state index is -0.389. The summed E-state index contributed by atoms with van der Waals surface area (Å²) in [6, 6.07) is 4.93. The number of nitrogens with zero attached hydrogens (tertiary/aromatic N) is 2. The second-order valence-corrected chi connectivity index (χ2v) is 3.01. The maximum absolute atomic E-state index is 12.7. The first kappa shape index (κ1) is 7.53. The van der Waals surface area contributed by atoms with Gasteiger partial charge in [0.05, 0.1) is 0 Å². The fraction of sp³-hybridized carbons (Fsp3) is 0.444. The van der Waals surface area contributed by atoms with Crippen LogP contribution in [0, 0.1) is 5.95 Å². The van der Waals surface area contributed by atoms with Crippen molar-refractivity contribution in [2.75, 3.05) is 18.0 Å². The molecule has 0 spiro atoms. The quantitative estimate of drug-likeness (QED) is 0.591. The van der Waals surface area contributed by atoms with Crippen molar-refractivity contribution >= 4 is 5.82 Å². The molecule has 0 amide bonds. The van der Waals surface area contributed by atoms with Crippen LogP contribution in [0.1, 0.15) is 12.8 Å². The van der Waals surface area contributed by atoms with Gasteiger partial charge in [0.1, 0.15) is 5.82 Å². The van der Waals surface area contributed by atoms with Gasteiger partial charge in [0, 0.05) is 13.1 Å². The molecule has 2 rings (SSSR count). The summed E-state index contributed by atoms with van der Waals surface area (Å²) in [7, 11) is 0. The summed E-state index contributed by atoms with van der Waals surface area (Å²) < 4.78 is 12.7. The fourth-order valence-corrected chi connectivity index (χ4v) is 1.52. The maximum Gasteiger partial charge on any atom is 0.214 e. The number of halogens is 1. The molecule has 1 fully saturated rings. The lowest BCUT2D eigenvalue weighted by molar-refractivity contribution is 0.582. The lowest BCUT2D eigenvalue weighted by Gasteiger charge is -2.15. The summed E-state index contributed by atoms with van der Waals surface area (Å²) in [5.41, 5.74) is 0. The number of anilines is 1. The molecule has 1 saturated heterocycles. The van der Waals surface area contributed by atoms with E-state index in [1.54, 1.807) is 6.07 Å². The Morgan fingerprint density at radius 2 is 2.00 bits per heavy atom. The highest BCUT2D eigenvalue weighted by Gasteiger charge is 2.13. The van der Waals surface area contributed by atoms with Gasteiger partial charge in [-0.25, -0.2) is 4.98 Å². The van der Waals surface area contributed by atoms with Crippen molar-refractivity contribution in [3.8, 4) is 0 Å². The van der Waals surface area contributed by atoms with Crippen LogP contribution in [0.4, 0.5) is 10.2 Å². The van der Waals surface area contributed by atoms with Crippen LogP contribution < -0.4 is 4.90 Å². The second kappa shape index (κ2) is 3.09. The molecule has 0 saturated carbocycles. The molecular weight excluding hydrogens is 155 g/mol. The number of aromatic nitrogens is 1. The van der Waals surface area contributed by atoms with Crippen molar-refractivity contribution in [1.29, 1.82) is 0 Å². The molecule has 1 aromatic rings. The molecule has 1 aromatic heterocycles.